The van der Waals surface area contributed by atoms with Gasteiger partial charge in [0, 0.05) is 22.9 Å². The van der Waals surface area contributed by atoms with E-state index in [4.69, 9.17) is 10.8 Å². The standard InChI is InChI=1S/C23H33N5O5S/c1-4-12(2)19(22(31)27-18(11-34)23(32)33)28-20(29)13(3)26-21(30)16(24)9-14-10-25-17-8-6-5-7-15(14)17/h5-8,10,12-13,16,18-19,25,34H,4,9,11,24H2,1-3H3,(H,26,30)(H,27,31)(H,28,29)(H,32,33). The molecule has 10 nitrogen and oxygen atoms in total. The molecule has 5 atom stereocenters. The number of rotatable bonds is 12. The largest absolute Gasteiger partial charge is 0.480 e. The van der Waals surface area contributed by atoms with E-state index in [2.05, 4.69) is 33.6 Å². The van der Waals surface area contributed by atoms with E-state index in [0.29, 0.717) is 6.42 Å². The lowest BCUT2D eigenvalue weighted by Crippen LogP contribution is -2.58. The number of amides is 3. The first-order valence-corrected chi connectivity index (χ1v) is 11.8. The molecule has 7 N–H and O–H groups in total. The van der Waals surface area contributed by atoms with Crippen LogP contribution in [-0.4, -0.2) is 63.7 Å². The van der Waals surface area contributed by atoms with Crippen molar-refractivity contribution in [3.8, 4) is 0 Å². The van der Waals surface area contributed by atoms with Crippen LogP contribution in [0.5, 0.6) is 0 Å². The molecular formula is C23H33N5O5S. The Morgan fingerprint density at radius 1 is 1.06 bits per heavy atom. The lowest BCUT2D eigenvalue weighted by atomic mass is 9.97. The summed E-state index contributed by atoms with van der Waals surface area (Å²) < 4.78 is 0. The SMILES string of the molecule is CCC(C)C(NC(=O)C(C)NC(=O)C(N)Cc1c[nH]c2ccccc12)C(=O)NC(CS)C(=O)O. The van der Waals surface area contributed by atoms with Gasteiger partial charge < -0.3 is 31.8 Å². The highest BCUT2D eigenvalue weighted by Gasteiger charge is 2.31. The number of hydrogen-bond donors (Lipinski definition) is 7. The number of nitrogens with one attached hydrogen (secondary N) is 4. The summed E-state index contributed by atoms with van der Waals surface area (Å²) in [6.07, 6.45) is 2.65. The average molecular weight is 492 g/mol. The summed E-state index contributed by atoms with van der Waals surface area (Å²) in [5, 5.41) is 17.7. The third-order valence-corrected chi connectivity index (χ3v) is 6.16. The predicted molar refractivity (Wildman–Crippen MR) is 132 cm³/mol. The molecule has 0 spiro atoms. The lowest BCUT2D eigenvalue weighted by Gasteiger charge is -2.26. The maximum atomic E-state index is 12.7. The molecule has 3 amide bonds. The first-order valence-electron chi connectivity index (χ1n) is 11.1. The lowest BCUT2D eigenvalue weighted by molar-refractivity contribution is -0.142. The van der Waals surface area contributed by atoms with E-state index in [-0.39, 0.29) is 18.1 Å². The number of hydrogen-bond acceptors (Lipinski definition) is 6. The monoisotopic (exact) mass is 491 g/mol. The van der Waals surface area contributed by atoms with Crippen molar-refractivity contribution in [3.05, 3.63) is 36.0 Å². The van der Waals surface area contributed by atoms with Gasteiger partial charge in [-0.2, -0.15) is 12.6 Å². The Bertz CT molecular complexity index is 1030. The van der Waals surface area contributed by atoms with Gasteiger partial charge in [-0.05, 0) is 30.9 Å². The Balaban J connectivity index is 1.99. The Morgan fingerprint density at radius 2 is 1.74 bits per heavy atom. The number of aromatic nitrogens is 1. The minimum Gasteiger partial charge on any atom is -0.480 e. The van der Waals surface area contributed by atoms with E-state index in [1.807, 2.05) is 31.2 Å². The summed E-state index contributed by atoms with van der Waals surface area (Å²) in [6, 6.07) is 3.67. The Hall–Kier alpha value is -3.05. The number of carboxylic acid groups (broad SMARTS) is 1. The second-order valence-corrected chi connectivity index (χ2v) is 8.72. The number of thiol groups is 1. The van der Waals surface area contributed by atoms with E-state index < -0.39 is 47.9 Å². The maximum Gasteiger partial charge on any atom is 0.327 e. The van der Waals surface area contributed by atoms with Crippen LogP contribution in [0.2, 0.25) is 0 Å². The van der Waals surface area contributed by atoms with Gasteiger partial charge in [-0.25, -0.2) is 4.79 Å². The number of carbonyl (C=O) groups excluding carboxylic acids is 3. The zero-order valence-corrected chi connectivity index (χ0v) is 20.4. The zero-order valence-electron chi connectivity index (χ0n) is 19.5. The molecule has 11 heteroatoms. The molecule has 2 aromatic rings. The van der Waals surface area contributed by atoms with Gasteiger partial charge in [0.1, 0.15) is 18.1 Å². The van der Waals surface area contributed by atoms with Crippen LogP contribution in [-0.2, 0) is 25.6 Å². The van der Waals surface area contributed by atoms with Crippen molar-refractivity contribution >= 4 is 47.2 Å². The quantitative estimate of drug-likeness (QED) is 0.214. The molecule has 0 saturated carbocycles. The Kier molecular flexibility index (Phi) is 9.94. The topological polar surface area (TPSA) is 166 Å². The molecule has 0 aliphatic heterocycles. The highest BCUT2D eigenvalue weighted by Crippen LogP contribution is 2.18. The summed E-state index contributed by atoms with van der Waals surface area (Å²) in [7, 11) is 0. The van der Waals surface area contributed by atoms with E-state index >= 15 is 0 Å². The fourth-order valence-electron chi connectivity index (χ4n) is 3.44. The first kappa shape index (κ1) is 27.2. The molecule has 186 valence electrons. The number of benzene rings is 1. The molecule has 34 heavy (non-hydrogen) atoms. The average Bonchev–Trinajstić information content (AvgIpc) is 3.22. The molecule has 1 heterocycles. The van der Waals surface area contributed by atoms with Gasteiger partial charge in [0.25, 0.3) is 0 Å². The van der Waals surface area contributed by atoms with Crippen molar-refractivity contribution in [2.75, 3.05) is 5.75 Å². The summed E-state index contributed by atoms with van der Waals surface area (Å²) >= 11 is 3.94. The fraction of sp³-hybridized carbons (Fsp3) is 0.478. The van der Waals surface area contributed by atoms with Gasteiger partial charge in [0.15, 0.2) is 0 Å². The molecule has 5 unspecified atom stereocenters. The molecule has 2 rings (SSSR count). The number of nitrogens with two attached hydrogens (primary N) is 1. The number of aliphatic carboxylic acids is 1. The van der Waals surface area contributed by atoms with Crippen molar-refractivity contribution in [1.29, 1.82) is 0 Å². The number of para-hydroxylation sites is 1. The van der Waals surface area contributed by atoms with E-state index in [1.54, 1.807) is 13.1 Å². The molecule has 0 aliphatic carbocycles. The van der Waals surface area contributed by atoms with Crippen LogP contribution in [0.3, 0.4) is 0 Å². The second kappa shape index (κ2) is 12.4. The summed E-state index contributed by atoms with van der Waals surface area (Å²) in [5.41, 5.74) is 7.91. The number of carbonyl (C=O) groups is 4. The van der Waals surface area contributed by atoms with Crippen LogP contribution in [0.1, 0.15) is 32.8 Å². The van der Waals surface area contributed by atoms with Crippen molar-refractivity contribution in [3.63, 3.8) is 0 Å². The van der Waals surface area contributed by atoms with Crippen LogP contribution in [0.4, 0.5) is 0 Å². The molecule has 1 aromatic heterocycles. The Labute approximate surface area is 203 Å². The van der Waals surface area contributed by atoms with E-state index in [1.165, 1.54) is 6.92 Å². The number of carboxylic acids is 1. The molecular weight excluding hydrogens is 458 g/mol. The fourth-order valence-corrected chi connectivity index (χ4v) is 3.69. The Morgan fingerprint density at radius 3 is 2.35 bits per heavy atom. The molecule has 0 radical (unpaired) electrons. The third kappa shape index (κ3) is 6.97. The van der Waals surface area contributed by atoms with E-state index in [0.717, 1.165) is 16.5 Å². The van der Waals surface area contributed by atoms with Crippen molar-refractivity contribution in [2.45, 2.75) is 57.8 Å². The summed E-state index contributed by atoms with van der Waals surface area (Å²) in [6.45, 7) is 5.10. The van der Waals surface area contributed by atoms with Gasteiger partial charge in [-0.1, -0.05) is 38.5 Å². The number of fused-ring (bicyclic) bond motifs is 1. The molecule has 0 aliphatic rings. The van der Waals surface area contributed by atoms with E-state index in [9.17, 15) is 19.2 Å². The van der Waals surface area contributed by atoms with Crippen molar-refractivity contribution in [1.82, 2.24) is 20.9 Å². The molecule has 1 aromatic carbocycles. The molecule has 0 fully saturated rings. The highest BCUT2D eigenvalue weighted by atomic mass is 32.1. The van der Waals surface area contributed by atoms with Crippen LogP contribution < -0.4 is 21.7 Å². The van der Waals surface area contributed by atoms with Gasteiger partial charge in [0.2, 0.25) is 17.7 Å². The minimum absolute atomic E-state index is 0.0942. The minimum atomic E-state index is -1.22. The highest BCUT2D eigenvalue weighted by molar-refractivity contribution is 7.80. The predicted octanol–water partition coefficient (Wildman–Crippen LogP) is 0.573. The normalized spacial score (nSPS) is 15.6. The molecule has 0 bridgehead atoms. The van der Waals surface area contributed by atoms with Crippen molar-refractivity contribution in [2.24, 2.45) is 11.7 Å². The van der Waals surface area contributed by atoms with Gasteiger partial charge >= 0.3 is 5.97 Å². The van der Waals surface area contributed by atoms with Gasteiger partial charge in [0.05, 0.1) is 6.04 Å². The number of aromatic amines is 1. The zero-order chi connectivity index (χ0) is 25.4. The third-order valence-electron chi connectivity index (χ3n) is 5.79. The van der Waals surface area contributed by atoms with Crippen LogP contribution in [0, 0.1) is 5.92 Å². The van der Waals surface area contributed by atoms with Crippen LogP contribution in [0.15, 0.2) is 30.5 Å². The van der Waals surface area contributed by atoms with Crippen molar-refractivity contribution < 1.29 is 24.3 Å². The van der Waals surface area contributed by atoms with Gasteiger partial charge in [-0.3, -0.25) is 14.4 Å². The molecule has 0 saturated heterocycles. The van der Waals surface area contributed by atoms with Crippen LogP contribution >= 0.6 is 12.6 Å². The maximum absolute atomic E-state index is 12.7. The van der Waals surface area contributed by atoms with Gasteiger partial charge in [-0.15, -0.1) is 0 Å². The smallest absolute Gasteiger partial charge is 0.327 e. The second-order valence-electron chi connectivity index (χ2n) is 8.35. The first-order chi connectivity index (χ1) is 16.1. The summed E-state index contributed by atoms with van der Waals surface area (Å²) in [5.74, 6) is -3.29. The van der Waals surface area contributed by atoms with Crippen LogP contribution in [0.25, 0.3) is 10.9 Å². The summed E-state index contributed by atoms with van der Waals surface area (Å²) in [4.78, 5) is 52.4. The number of H-pyrrole nitrogens is 1.